The van der Waals surface area contributed by atoms with Gasteiger partial charge in [0.2, 0.25) is 0 Å². The standard InChI is InChI=1S/2C6H5.C2H4O2.H2P.Pd/c2*1-2-4-6-5-3-1;1-2(3)4;;/h2*1-5H;1H3,(H,3,4);1H2;/q;;;-1;+2/p-1. The van der Waals surface area contributed by atoms with Gasteiger partial charge in [0.15, 0.2) is 0 Å². The van der Waals surface area contributed by atoms with Gasteiger partial charge in [-0.3, -0.25) is 0 Å². The summed E-state index contributed by atoms with van der Waals surface area (Å²) < 4.78 is 2.91. The molecule has 0 aromatic heterocycles. The van der Waals surface area contributed by atoms with Crippen LogP contribution in [0.5, 0.6) is 0 Å². The number of rotatable bonds is 2. The molecule has 2 aromatic rings. The van der Waals surface area contributed by atoms with Crippen molar-refractivity contribution in [3.8, 4) is 0 Å². The second-order valence-corrected chi connectivity index (χ2v) is 8.51. The first kappa shape index (κ1) is 15.1. The molecule has 1 atom stereocenters. The average molecular weight is 353 g/mol. The van der Waals surface area contributed by atoms with Gasteiger partial charge in [0.25, 0.3) is 0 Å². The van der Waals surface area contributed by atoms with Crippen LogP contribution in [0.1, 0.15) is 6.92 Å². The van der Waals surface area contributed by atoms with Crippen LogP contribution in [0, 0.1) is 0 Å². The number of carboxylic acids is 1. The summed E-state index contributed by atoms with van der Waals surface area (Å²) in [6.45, 7) is 0.972. The van der Waals surface area contributed by atoms with Crippen molar-refractivity contribution >= 4 is 21.5 Å². The molecule has 0 heterocycles. The SMILES string of the molecule is CC(=O)[O-].[PH2][Pd+]([c]1ccccc1)[c]1ccccc1. The predicted molar refractivity (Wildman–Crippen MR) is 72.5 cm³/mol. The topological polar surface area (TPSA) is 40.1 Å². The molecule has 0 aliphatic carbocycles. The normalized spacial score (nSPS) is 10.0. The van der Waals surface area contributed by atoms with E-state index in [-0.39, 0.29) is 0 Å². The number of carboxylic acid groups (broad SMARTS) is 1. The second kappa shape index (κ2) is 8.17. The van der Waals surface area contributed by atoms with Crippen LogP contribution in [0.3, 0.4) is 0 Å². The van der Waals surface area contributed by atoms with Crippen LogP contribution in [0.4, 0.5) is 0 Å². The van der Waals surface area contributed by atoms with Crippen molar-refractivity contribution in [2.45, 2.75) is 6.92 Å². The summed E-state index contributed by atoms with van der Waals surface area (Å²) in [6.07, 6.45) is 0. The van der Waals surface area contributed by atoms with E-state index in [0.717, 1.165) is 6.92 Å². The third kappa shape index (κ3) is 5.56. The molecule has 0 radical (unpaired) electrons. The molecule has 18 heavy (non-hydrogen) atoms. The van der Waals surface area contributed by atoms with Gasteiger partial charge in [0.05, 0.1) is 0 Å². The number of carbonyl (C=O) groups is 1. The summed E-state index contributed by atoms with van der Waals surface area (Å²) in [5, 5.41) is 8.89. The van der Waals surface area contributed by atoms with Gasteiger partial charge >= 0.3 is 92.4 Å². The first-order chi connectivity index (χ1) is 8.61. The third-order valence-corrected chi connectivity index (χ3v) is 7.28. The summed E-state index contributed by atoms with van der Waals surface area (Å²) in [7, 11) is 3.00. The van der Waals surface area contributed by atoms with Crippen molar-refractivity contribution < 1.29 is 26.2 Å². The van der Waals surface area contributed by atoms with E-state index in [0.29, 0.717) is 0 Å². The molecule has 0 spiro atoms. The molecule has 0 bridgehead atoms. The van der Waals surface area contributed by atoms with Gasteiger partial charge in [-0.25, -0.2) is 0 Å². The Balaban J connectivity index is 0.000000357. The number of benzene rings is 2. The molecule has 2 nitrogen and oxygen atoms in total. The molecule has 0 fully saturated rings. The van der Waals surface area contributed by atoms with E-state index in [9.17, 15) is 0 Å². The summed E-state index contributed by atoms with van der Waals surface area (Å²) in [5.74, 6) is -1.08. The van der Waals surface area contributed by atoms with E-state index in [2.05, 4.69) is 68.1 Å². The third-order valence-electron chi connectivity index (χ3n) is 1.82. The zero-order valence-electron chi connectivity index (χ0n) is 9.98. The second-order valence-electron chi connectivity index (χ2n) is 3.27. The molecule has 0 saturated heterocycles. The molecule has 4 heteroatoms. The molecular formula is C14H15O2PPd. The molecule has 0 N–H and O–H groups in total. The maximum absolute atomic E-state index is 8.89. The molecule has 0 aliphatic heterocycles. The molecule has 1 unspecified atom stereocenters. The van der Waals surface area contributed by atoms with Crippen LogP contribution < -0.4 is 13.2 Å². The van der Waals surface area contributed by atoms with Gasteiger partial charge in [0, 0.05) is 5.97 Å². The summed E-state index contributed by atoms with van der Waals surface area (Å²) in [5.41, 5.74) is 0. The van der Waals surface area contributed by atoms with Crippen molar-refractivity contribution in [1.29, 1.82) is 0 Å². The van der Waals surface area contributed by atoms with Gasteiger partial charge in [0.1, 0.15) is 0 Å². The summed E-state index contributed by atoms with van der Waals surface area (Å²) in [6, 6.07) is 21.4. The first-order valence-electron chi connectivity index (χ1n) is 5.23. The zero-order chi connectivity index (χ0) is 13.4. The van der Waals surface area contributed by atoms with Crippen molar-refractivity contribution in [3.05, 3.63) is 60.7 Å². The maximum atomic E-state index is 8.89. The van der Waals surface area contributed by atoms with Crippen molar-refractivity contribution in [1.82, 2.24) is 0 Å². The van der Waals surface area contributed by atoms with Crippen LogP contribution in [-0.2, 0) is 21.1 Å². The van der Waals surface area contributed by atoms with Crippen LogP contribution in [0.2, 0.25) is 0 Å². The molecule has 0 saturated carbocycles. The number of hydrogen-bond donors (Lipinski definition) is 0. The quantitative estimate of drug-likeness (QED) is 0.592. The Hall–Kier alpha value is -0.998. The van der Waals surface area contributed by atoms with Crippen molar-refractivity contribution in [2.24, 2.45) is 0 Å². The molecular weight excluding hydrogens is 338 g/mol. The fourth-order valence-corrected chi connectivity index (χ4v) is 4.81. The molecule has 2 aromatic carbocycles. The van der Waals surface area contributed by atoms with E-state index < -0.39 is 22.2 Å². The Morgan fingerprint density at radius 3 is 1.50 bits per heavy atom. The average Bonchev–Trinajstić information content (AvgIpc) is 2.39. The van der Waals surface area contributed by atoms with Gasteiger partial charge in [-0.05, 0) is 6.92 Å². The van der Waals surface area contributed by atoms with Crippen LogP contribution >= 0.6 is 7.43 Å². The Kier molecular flexibility index (Phi) is 6.83. The van der Waals surface area contributed by atoms with Gasteiger partial charge in [-0.15, -0.1) is 0 Å². The minimum atomic E-state index is -1.08. The predicted octanol–water partition coefficient (Wildman–Crippen LogP) is 0.802. The van der Waals surface area contributed by atoms with E-state index >= 15 is 0 Å². The summed E-state index contributed by atoms with van der Waals surface area (Å²) >= 11 is -0.778. The van der Waals surface area contributed by atoms with Crippen molar-refractivity contribution in [3.63, 3.8) is 0 Å². The Morgan fingerprint density at radius 1 is 0.944 bits per heavy atom. The first-order valence-corrected chi connectivity index (χ1v) is 9.84. The summed E-state index contributed by atoms with van der Waals surface area (Å²) in [4.78, 5) is 8.89. The molecule has 0 amide bonds. The fraction of sp³-hybridized carbons (Fsp3) is 0.0714. The Labute approximate surface area is 115 Å². The van der Waals surface area contributed by atoms with Crippen molar-refractivity contribution in [2.75, 3.05) is 0 Å². The van der Waals surface area contributed by atoms with E-state index in [1.165, 1.54) is 8.07 Å². The van der Waals surface area contributed by atoms with Gasteiger partial charge in [-0.1, -0.05) is 0 Å². The molecule has 2 rings (SSSR count). The number of hydrogen-bond acceptors (Lipinski definition) is 2. The molecule has 0 aliphatic rings. The van der Waals surface area contributed by atoms with Crippen LogP contribution in [0.25, 0.3) is 0 Å². The Bertz CT molecular complexity index is 430. The fourth-order valence-electron chi connectivity index (χ4n) is 1.14. The van der Waals surface area contributed by atoms with Gasteiger partial charge in [-0.2, -0.15) is 0 Å². The monoisotopic (exact) mass is 352 g/mol. The molecule has 98 valence electrons. The number of carbonyl (C=O) groups excluding carboxylic acids is 1. The zero-order valence-corrected chi connectivity index (χ0v) is 12.7. The Morgan fingerprint density at radius 2 is 1.22 bits per heavy atom. The van der Waals surface area contributed by atoms with Crippen LogP contribution in [-0.4, -0.2) is 5.97 Å². The van der Waals surface area contributed by atoms with E-state index in [1.54, 1.807) is 0 Å². The minimum absolute atomic E-state index is 0.778. The number of aliphatic carboxylic acids is 1. The van der Waals surface area contributed by atoms with Crippen LogP contribution in [0.15, 0.2) is 60.7 Å². The van der Waals surface area contributed by atoms with Gasteiger partial charge < -0.3 is 9.90 Å². The van der Waals surface area contributed by atoms with E-state index in [4.69, 9.17) is 9.90 Å². The van der Waals surface area contributed by atoms with E-state index in [1.807, 2.05) is 0 Å².